The number of piperidine rings is 1. The van der Waals surface area contributed by atoms with Gasteiger partial charge in [-0.2, -0.15) is 0 Å². The molecule has 1 aliphatic rings. The fraction of sp³-hybridized carbons (Fsp3) is 0.455. The molecular weight excluding hydrogens is 259 g/mol. The first-order chi connectivity index (χ1) is 8.47. The lowest BCUT2D eigenvalue weighted by molar-refractivity contribution is 0.160. The summed E-state index contributed by atoms with van der Waals surface area (Å²) in [4.78, 5) is -0.255. The maximum absolute atomic E-state index is 13.7. The number of nitrogens with one attached hydrogen (secondary N) is 1. The minimum Gasteiger partial charge on any atom is -0.486 e. The van der Waals surface area contributed by atoms with Crippen molar-refractivity contribution in [2.24, 2.45) is 5.14 Å². The summed E-state index contributed by atoms with van der Waals surface area (Å²) in [6, 6.07) is 3.41. The van der Waals surface area contributed by atoms with Gasteiger partial charge in [-0.3, -0.25) is 0 Å². The number of hydrogen-bond donors (Lipinski definition) is 2. The predicted octanol–water partition coefficient (Wildman–Crippen LogP) is 0.604. The second-order valence-electron chi connectivity index (χ2n) is 4.22. The van der Waals surface area contributed by atoms with E-state index in [1.807, 2.05) is 0 Å². The van der Waals surface area contributed by atoms with Gasteiger partial charge in [0.25, 0.3) is 0 Å². The van der Waals surface area contributed by atoms with Gasteiger partial charge in [-0.1, -0.05) is 0 Å². The van der Waals surface area contributed by atoms with E-state index < -0.39 is 15.8 Å². The Balaban J connectivity index is 2.14. The zero-order valence-electron chi connectivity index (χ0n) is 9.73. The lowest BCUT2D eigenvalue weighted by Gasteiger charge is -2.24. The van der Waals surface area contributed by atoms with Crippen LogP contribution < -0.4 is 15.2 Å². The van der Waals surface area contributed by atoms with Crippen LogP contribution in [0.15, 0.2) is 23.1 Å². The molecule has 18 heavy (non-hydrogen) atoms. The van der Waals surface area contributed by atoms with Gasteiger partial charge in [0.15, 0.2) is 11.6 Å². The molecule has 5 nitrogen and oxygen atoms in total. The highest BCUT2D eigenvalue weighted by atomic mass is 32.2. The lowest BCUT2D eigenvalue weighted by atomic mass is 10.1. The Bertz CT molecular complexity index is 527. The van der Waals surface area contributed by atoms with E-state index in [4.69, 9.17) is 9.88 Å². The van der Waals surface area contributed by atoms with E-state index in [1.54, 1.807) is 0 Å². The van der Waals surface area contributed by atoms with E-state index >= 15 is 0 Å². The molecule has 0 radical (unpaired) electrons. The molecule has 0 amide bonds. The third kappa shape index (κ3) is 3.18. The molecule has 0 saturated carbocycles. The number of nitrogens with two attached hydrogens (primary N) is 1. The van der Waals surface area contributed by atoms with Crippen molar-refractivity contribution in [1.29, 1.82) is 0 Å². The van der Waals surface area contributed by atoms with Crippen molar-refractivity contribution in [1.82, 2.24) is 5.32 Å². The Labute approximate surface area is 105 Å². The average Bonchev–Trinajstić information content (AvgIpc) is 2.32. The zero-order chi connectivity index (χ0) is 13.2. The second-order valence-corrected chi connectivity index (χ2v) is 5.78. The minimum absolute atomic E-state index is 0.0519. The second kappa shape index (κ2) is 5.21. The molecule has 1 heterocycles. The van der Waals surface area contributed by atoms with E-state index in [2.05, 4.69) is 5.32 Å². The van der Waals surface area contributed by atoms with E-state index in [9.17, 15) is 12.8 Å². The Morgan fingerprint density at radius 1 is 1.44 bits per heavy atom. The van der Waals surface area contributed by atoms with Crippen LogP contribution in [0.25, 0.3) is 0 Å². The number of benzene rings is 1. The largest absolute Gasteiger partial charge is 0.486 e. The number of primary sulfonamides is 1. The third-order valence-electron chi connectivity index (χ3n) is 2.78. The SMILES string of the molecule is NS(=O)(=O)c1ccc(OC2CCCNC2)c(F)c1. The molecule has 1 aliphatic heterocycles. The van der Waals surface area contributed by atoms with Crippen LogP contribution in [0.1, 0.15) is 12.8 Å². The van der Waals surface area contributed by atoms with Crippen LogP contribution in [0.5, 0.6) is 5.75 Å². The normalized spacial score (nSPS) is 20.7. The van der Waals surface area contributed by atoms with Crippen LogP contribution in [0, 0.1) is 5.82 Å². The van der Waals surface area contributed by atoms with Crippen LogP contribution in [0.4, 0.5) is 4.39 Å². The van der Waals surface area contributed by atoms with Crippen molar-refractivity contribution in [3.63, 3.8) is 0 Å². The number of rotatable bonds is 3. The van der Waals surface area contributed by atoms with Gasteiger partial charge < -0.3 is 10.1 Å². The Morgan fingerprint density at radius 2 is 2.22 bits per heavy atom. The van der Waals surface area contributed by atoms with E-state index in [-0.39, 0.29) is 16.7 Å². The van der Waals surface area contributed by atoms with Crippen molar-refractivity contribution in [3.05, 3.63) is 24.0 Å². The molecule has 1 fully saturated rings. The summed E-state index contributed by atoms with van der Waals surface area (Å²) in [6.07, 6.45) is 1.74. The molecule has 1 aromatic rings. The van der Waals surface area contributed by atoms with Gasteiger partial charge in [0.1, 0.15) is 6.10 Å². The average molecular weight is 274 g/mol. The monoisotopic (exact) mass is 274 g/mol. The first-order valence-corrected chi connectivity index (χ1v) is 7.21. The van der Waals surface area contributed by atoms with Crippen LogP contribution in [-0.2, 0) is 10.0 Å². The first-order valence-electron chi connectivity index (χ1n) is 5.66. The van der Waals surface area contributed by atoms with Crippen molar-refractivity contribution >= 4 is 10.0 Å². The van der Waals surface area contributed by atoms with Crippen LogP contribution >= 0.6 is 0 Å². The van der Waals surface area contributed by atoms with Crippen LogP contribution in [0.3, 0.4) is 0 Å². The Morgan fingerprint density at radius 3 is 2.78 bits per heavy atom. The van der Waals surface area contributed by atoms with E-state index in [1.165, 1.54) is 12.1 Å². The van der Waals surface area contributed by atoms with E-state index in [0.29, 0.717) is 6.54 Å². The molecule has 2 rings (SSSR count). The Kier molecular flexibility index (Phi) is 3.84. The molecule has 7 heteroatoms. The predicted molar refractivity (Wildman–Crippen MR) is 64.3 cm³/mol. The molecule has 0 aliphatic carbocycles. The topological polar surface area (TPSA) is 81.4 Å². The summed E-state index contributed by atoms with van der Waals surface area (Å²) in [5.41, 5.74) is 0. The highest BCUT2D eigenvalue weighted by Crippen LogP contribution is 2.22. The number of sulfonamides is 1. The van der Waals surface area contributed by atoms with Crippen molar-refractivity contribution in [3.8, 4) is 5.75 Å². The maximum Gasteiger partial charge on any atom is 0.238 e. The number of halogens is 1. The van der Waals surface area contributed by atoms with Gasteiger partial charge in [-0.05, 0) is 37.6 Å². The zero-order valence-corrected chi connectivity index (χ0v) is 10.5. The fourth-order valence-electron chi connectivity index (χ4n) is 1.85. The molecule has 100 valence electrons. The van der Waals surface area contributed by atoms with E-state index in [0.717, 1.165) is 25.5 Å². The quantitative estimate of drug-likeness (QED) is 0.846. The fourth-order valence-corrected chi connectivity index (χ4v) is 2.38. The van der Waals surface area contributed by atoms with Crippen molar-refractivity contribution in [2.75, 3.05) is 13.1 Å². The molecule has 0 spiro atoms. The van der Waals surface area contributed by atoms with Gasteiger partial charge in [0.2, 0.25) is 10.0 Å². The highest BCUT2D eigenvalue weighted by Gasteiger charge is 2.18. The van der Waals surface area contributed by atoms with Gasteiger partial charge in [0, 0.05) is 6.54 Å². The molecule has 1 saturated heterocycles. The summed E-state index contributed by atoms with van der Waals surface area (Å²) in [5, 5.41) is 8.06. The van der Waals surface area contributed by atoms with Crippen LogP contribution in [-0.4, -0.2) is 27.6 Å². The van der Waals surface area contributed by atoms with Crippen molar-refractivity contribution < 1.29 is 17.5 Å². The van der Waals surface area contributed by atoms with Crippen LogP contribution in [0.2, 0.25) is 0 Å². The Hall–Kier alpha value is -1.18. The smallest absolute Gasteiger partial charge is 0.238 e. The molecule has 1 atom stereocenters. The molecule has 3 N–H and O–H groups in total. The molecule has 1 aromatic carbocycles. The maximum atomic E-state index is 13.7. The van der Waals surface area contributed by atoms with Gasteiger partial charge in [-0.25, -0.2) is 17.9 Å². The first kappa shape index (κ1) is 13.3. The molecule has 0 aromatic heterocycles. The number of ether oxygens (including phenoxy) is 1. The van der Waals surface area contributed by atoms with Gasteiger partial charge in [0.05, 0.1) is 4.90 Å². The lowest BCUT2D eigenvalue weighted by Crippen LogP contribution is -2.37. The molecular formula is C11H15FN2O3S. The molecule has 1 unspecified atom stereocenters. The summed E-state index contributed by atoms with van der Waals surface area (Å²) < 4.78 is 41.2. The summed E-state index contributed by atoms with van der Waals surface area (Å²) in [6.45, 7) is 1.60. The van der Waals surface area contributed by atoms with Crippen molar-refractivity contribution in [2.45, 2.75) is 23.8 Å². The summed E-state index contributed by atoms with van der Waals surface area (Å²) >= 11 is 0. The van der Waals surface area contributed by atoms with Gasteiger partial charge >= 0.3 is 0 Å². The highest BCUT2D eigenvalue weighted by molar-refractivity contribution is 7.89. The molecule has 0 bridgehead atoms. The summed E-state index contributed by atoms with van der Waals surface area (Å²) in [5.74, 6) is -0.664. The minimum atomic E-state index is -3.88. The standard InChI is InChI=1S/C11H15FN2O3S/c12-10-6-9(18(13,15)16)3-4-11(10)17-8-2-1-5-14-7-8/h3-4,6,8,14H,1-2,5,7H2,(H2,13,15,16). The summed E-state index contributed by atoms with van der Waals surface area (Å²) in [7, 11) is -3.88. The number of hydrogen-bond acceptors (Lipinski definition) is 4. The van der Waals surface area contributed by atoms with Gasteiger partial charge in [-0.15, -0.1) is 0 Å². The third-order valence-corrected chi connectivity index (χ3v) is 3.69.